The van der Waals surface area contributed by atoms with Gasteiger partial charge in [0.2, 0.25) is 0 Å². The molecule has 0 saturated carbocycles. The van der Waals surface area contributed by atoms with Gasteiger partial charge in [-0.2, -0.15) is 0 Å². The number of halogens is 1. The second kappa shape index (κ2) is 10.3. The molecule has 3 heterocycles. The molecule has 1 aliphatic heterocycles. The molecule has 0 unspecified atom stereocenters. The van der Waals surface area contributed by atoms with E-state index < -0.39 is 0 Å². The van der Waals surface area contributed by atoms with Crippen molar-refractivity contribution in [2.24, 2.45) is 0 Å². The Labute approximate surface area is 195 Å². The zero-order valence-electron chi connectivity index (χ0n) is 18.1. The van der Waals surface area contributed by atoms with E-state index in [0.29, 0.717) is 5.75 Å². The largest absolute Gasteiger partial charge is 0.379 e. The van der Waals surface area contributed by atoms with Crippen LogP contribution < -0.4 is 0 Å². The highest BCUT2D eigenvalue weighted by atomic mass is 32.2. The Balaban J connectivity index is 1.33. The van der Waals surface area contributed by atoms with Gasteiger partial charge in [-0.1, -0.05) is 47.3 Å². The topological polar surface area (TPSA) is 69.2 Å². The first-order chi connectivity index (χ1) is 16.3. The van der Waals surface area contributed by atoms with E-state index in [-0.39, 0.29) is 5.82 Å². The third-order valence-electron chi connectivity index (χ3n) is 5.53. The highest BCUT2D eigenvalue weighted by Gasteiger charge is 2.18. The first-order valence-electron chi connectivity index (χ1n) is 10.9. The number of hydrogen-bond donors (Lipinski definition) is 0. The van der Waals surface area contributed by atoms with Crippen molar-refractivity contribution in [3.8, 4) is 22.7 Å². The quantitative estimate of drug-likeness (QED) is 0.358. The molecule has 1 fully saturated rings. The molecule has 4 aromatic rings. The number of nitrogens with zero attached hydrogens (tertiary/aromatic N) is 5. The second-order valence-electron chi connectivity index (χ2n) is 7.76. The minimum absolute atomic E-state index is 0.270. The Morgan fingerprint density at radius 3 is 2.48 bits per heavy atom. The summed E-state index contributed by atoms with van der Waals surface area (Å²) in [5.41, 5.74) is 2.67. The molecule has 5 rings (SSSR count). The Kier molecular flexibility index (Phi) is 6.80. The van der Waals surface area contributed by atoms with Crippen LogP contribution in [0.2, 0.25) is 0 Å². The van der Waals surface area contributed by atoms with E-state index in [0.717, 1.165) is 73.0 Å². The summed E-state index contributed by atoms with van der Waals surface area (Å²) in [6.07, 6.45) is 0. The molecule has 170 valence electrons. The molecular weight excluding hydrogens is 441 g/mol. The van der Waals surface area contributed by atoms with E-state index in [1.165, 1.54) is 12.1 Å². The molecule has 9 heteroatoms. The lowest BCUT2D eigenvalue weighted by atomic mass is 10.2. The van der Waals surface area contributed by atoms with E-state index >= 15 is 0 Å². The summed E-state index contributed by atoms with van der Waals surface area (Å²) in [5.74, 6) is 1.81. The Bertz CT molecular complexity index is 1170. The average Bonchev–Trinajstić information content (AvgIpc) is 3.50. The molecule has 2 aromatic carbocycles. The van der Waals surface area contributed by atoms with Crippen molar-refractivity contribution >= 4 is 11.8 Å². The Hall–Kier alpha value is -3.01. The third-order valence-corrected chi connectivity index (χ3v) is 6.53. The van der Waals surface area contributed by atoms with Crippen LogP contribution in [0.25, 0.3) is 22.7 Å². The predicted octanol–water partition coefficient (Wildman–Crippen LogP) is 4.36. The number of aromatic nitrogens is 4. The van der Waals surface area contributed by atoms with Crippen molar-refractivity contribution in [1.29, 1.82) is 0 Å². The molecule has 1 saturated heterocycles. The van der Waals surface area contributed by atoms with E-state index in [4.69, 9.17) is 9.26 Å². The monoisotopic (exact) mass is 465 g/mol. The SMILES string of the molecule is Fc1ccc(-c2nnc(SCc3cc(-c4ccccc4)on3)n2CCN2CCOCC2)cc1. The molecule has 0 radical (unpaired) electrons. The normalized spacial score (nSPS) is 14.6. The maximum atomic E-state index is 13.5. The molecule has 0 amide bonds. The number of ether oxygens (including phenoxy) is 1. The molecule has 0 spiro atoms. The summed E-state index contributed by atoms with van der Waals surface area (Å²) in [6, 6.07) is 18.2. The number of benzene rings is 2. The van der Waals surface area contributed by atoms with E-state index in [1.54, 1.807) is 23.9 Å². The van der Waals surface area contributed by atoms with Gasteiger partial charge in [0.25, 0.3) is 0 Å². The lowest BCUT2D eigenvalue weighted by Gasteiger charge is -2.27. The van der Waals surface area contributed by atoms with Gasteiger partial charge in [-0.25, -0.2) is 4.39 Å². The Morgan fingerprint density at radius 2 is 1.70 bits per heavy atom. The number of rotatable bonds is 8. The van der Waals surface area contributed by atoms with Crippen LogP contribution in [0.15, 0.2) is 70.3 Å². The molecule has 33 heavy (non-hydrogen) atoms. The van der Waals surface area contributed by atoms with Crippen LogP contribution in [0.3, 0.4) is 0 Å². The summed E-state index contributed by atoms with van der Waals surface area (Å²) in [4.78, 5) is 2.37. The van der Waals surface area contributed by atoms with Crippen molar-refractivity contribution in [3.05, 3.63) is 72.2 Å². The minimum atomic E-state index is -0.270. The zero-order chi connectivity index (χ0) is 22.5. The first kappa shape index (κ1) is 21.8. The van der Waals surface area contributed by atoms with Crippen LogP contribution in [0, 0.1) is 5.82 Å². The maximum Gasteiger partial charge on any atom is 0.191 e. The third kappa shape index (κ3) is 5.32. The molecule has 1 aliphatic rings. The van der Waals surface area contributed by atoms with Crippen LogP contribution in [0.1, 0.15) is 5.69 Å². The standard InChI is InChI=1S/C24H24FN5O2S/c25-20-8-6-19(7-9-20)23-26-27-24(30(23)11-10-29-12-14-31-15-13-29)33-17-21-16-22(32-28-21)18-4-2-1-3-5-18/h1-9,16H,10-15,17H2. The van der Waals surface area contributed by atoms with Crippen LogP contribution in [0.5, 0.6) is 0 Å². The molecular formula is C24H24FN5O2S. The van der Waals surface area contributed by atoms with Gasteiger partial charge < -0.3 is 13.8 Å². The van der Waals surface area contributed by atoms with Gasteiger partial charge in [0.1, 0.15) is 5.82 Å². The lowest BCUT2D eigenvalue weighted by Crippen LogP contribution is -2.38. The summed E-state index contributed by atoms with van der Waals surface area (Å²) in [5, 5.41) is 13.9. The smallest absolute Gasteiger partial charge is 0.191 e. The summed E-state index contributed by atoms with van der Waals surface area (Å²) < 4.78 is 26.5. The molecule has 0 bridgehead atoms. The number of morpholine rings is 1. The van der Waals surface area contributed by atoms with Crippen LogP contribution in [0.4, 0.5) is 4.39 Å². The predicted molar refractivity (Wildman–Crippen MR) is 124 cm³/mol. The molecule has 0 atom stereocenters. The fourth-order valence-corrected chi connectivity index (χ4v) is 4.58. The number of thioether (sulfide) groups is 1. The van der Waals surface area contributed by atoms with Crippen molar-refractivity contribution < 1.29 is 13.7 Å². The maximum absolute atomic E-state index is 13.5. The van der Waals surface area contributed by atoms with Crippen molar-refractivity contribution in [1.82, 2.24) is 24.8 Å². The van der Waals surface area contributed by atoms with Gasteiger partial charge in [-0.05, 0) is 24.3 Å². The molecule has 0 aliphatic carbocycles. The molecule has 7 nitrogen and oxygen atoms in total. The summed E-state index contributed by atoms with van der Waals surface area (Å²) >= 11 is 1.56. The highest BCUT2D eigenvalue weighted by Crippen LogP contribution is 2.28. The van der Waals surface area contributed by atoms with Crippen molar-refractivity contribution in [2.45, 2.75) is 17.5 Å². The van der Waals surface area contributed by atoms with E-state index in [1.807, 2.05) is 36.4 Å². The first-order valence-corrected chi connectivity index (χ1v) is 11.9. The molecule has 0 N–H and O–H groups in total. The van der Waals surface area contributed by atoms with Gasteiger partial charge in [0.15, 0.2) is 16.7 Å². The fraction of sp³-hybridized carbons (Fsp3) is 0.292. The van der Waals surface area contributed by atoms with Crippen LogP contribution in [-0.2, 0) is 17.0 Å². The van der Waals surface area contributed by atoms with Gasteiger partial charge in [0.05, 0.1) is 18.9 Å². The second-order valence-corrected chi connectivity index (χ2v) is 8.70. The van der Waals surface area contributed by atoms with Crippen molar-refractivity contribution in [2.75, 3.05) is 32.8 Å². The summed E-state index contributed by atoms with van der Waals surface area (Å²) in [7, 11) is 0. The molecule has 2 aromatic heterocycles. The minimum Gasteiger partial charge on any atom is -0.379 e. The fourth-order valence-electron chi connectivity index (χ4n) is 3.73. The zero-order valence-corrected chi connectivity index (χ0v) is 18.9. The lowest BCUT2D eigenvalue weighted by molar-refractivity contribution is 0.0361. The summed E-state index contributed by atoms with van der Waals surface area (Å²) in [6.45, 7) is 4.94. The van der Waals surface area contributed by atoms with Gasteiger partial charge in [-0.15, -0.1) is 10.2 Å². The van der Waals surface area contributed by atoms with Gasteiger partial charge in [-0.3, -0.25) is 4.90 Å². The van der Waals surface area contributed by atoms with E-state index in [9.17, 15) is 4.39 Å². The Morgan fingerprint density at radius 1 is 0.909 bits per heavy atom. The van der Waals surface area contributed by atoms with Crippen LogP contribution >= 0.6 is 11.8 Å². The highest BCUT2D eigenvalue weighted by molar-refractivity contribution is 7.98. The van der Waals surface area contributed by atoms with E-state index in [2.05, 4.69) is 24.8 Å². The van der Waals surface area contributed by atoms with Gasteiger partial charge in [0, 0.05) is 49.1 Å². The van der Waals surface area contributed by atoms with Crippen LogP contribution in [-0.4, -0.2) is 57.7 Å². The number of hydrogen-bond acceptors (Lipinski definition) is 7. The van der Waals surface area contributed by atoms with Gasteiger partial charge >= 0.3 is 0 Å². The van der Waals surface area contributed by atoms with Crippen molar-refractivity contribution in [3.63, 3.8) is 0 Å². The average molecular weight is 466 g/mol.